The molecule has 3 aromatic carbocycles. The van der Waals surface area contributed by atoms with Gasteiger partial charge in [-0.15, -0.1) is 11.8 Å². The van der Waals surface area contributed by atoms with Crippen LogP contribution in [-0.2, 0) is 5.41 Å². The van der Waals surface area contributed by atoms with E-state index in [1.807, 2.05) is 47.0 Å². The molecule has 0 saturated carbocycles. The van der Waals surface area contributed by atoms with E-state index in [1.54, 1.807) is 0 Å². The molecule has 3 aromatic rings. The van der Waals surface area contributed by atoms with Gasteiger partial charge in [-0.1, -0.05) is 81.4 Å². The first-order valence-corrected chi connectivity index (χ1v) is 10.8. The number of benzene rings is 3. The zero-order valence-electron chi connectivity index (χ0n) is 16.6. The van der Waals surface area contributed by atoms with Crippen LogP contribution < -0.4 is 5.32 Å². The molecule has 1 aliphatic rings. The number of anilines is 1. The first-order chi connectivity index (χ1) is 13.4. The van der Waals surface area contributed by atoms with E-state index in [2.05, 4.69) is 62.5 Å². The molecule has 28 heavy (non-hydrogen) atoms. The van der Waals surface area contributed by atoms with Crippen LogP contribution in [0.25, 0.3) is 10.8 Å². The molecule has 4 rings (SSSR count). The second-order valence-corrected chi connectivity index (χ2v) is 9.43. The molecule has 0 spiro atoms. The summed E-state index contributed by atoms with van der Waals surface area (Å²) in [5.74, 6) is 0.953. The van der Waals surface area contributed by atoms with Crippen LogP contribution in [-0.4, -0.2) is 23.2 Å². The molecule has 0 radical (unpaired) electrons. The Hall–Kier alpha value is -2.46. The number of fused-ring (bicyclic) bond motifs is 1. The summed E-state index contributed by atoms with van der Waals surface area (Å²) in [6.07, 6.45) is 0. The Morgan fingerprint density at radius 1 is 1.00 bits per heavy atom. The van der Waals surface area contributed by atoms with Crippen LogP contribution in [0.3, 0.4) is 0 Å². The summed E-state index contributed by atoms with van der Waals surface area (Å²) < 4.78 is 0. The molecule has 0 bridgehead atoms. The summed E-state index contributed by atoms with van der Waals surface area (Å²) in [6, 6.07) is 22.8. The van der Waals surface area contributed by atoms with E-state index in [9.17, 15) is 4.79 Å². The van der Waals surface area contributed by atoms with Crippen molar-refractivity contribution < 1.29 is 4.79 Å². The first kappa shape index (κ1) is 18.9. The quantitative estimate of drug-likeness (QED) is 0.548. The fraction of sp³-hybridized carbons (Fsp3) is 0.292. The molecule has 3 nitrogen and oxygen atoms in total. The van der Waals surface area contributed by atoms with Gasteiger partial charge in [-0.25, -0.2) is 4.79 Å². The zero-order chi connectivity index (χ0) is 19.7. The van der Waals surface area contributed by atoms with Crippen molar-refractivity contribution >= 4 is 34.3 Å². The summed E-state index contributed by atoms with van der Waals surface area (Å²) in [5, 5.41) is 5.39. The summed E-state index contributed by atoms with van der Waals surface area (Å²) in [7, 11) is 0. The smallest absolute Gasteiger partial charge is 0.308 e. The van der Waals surface area contributed by atoms with Crippen molar-refractivity contribution in [2.75, 3.05) is 17.6 Å². The molecule has 2 amide bonds. The third kappa shape index (κ3) is 3.74. The SMILES string of the molecule is CC(C)(C)c1ccc(C2SCCN2C(=O)Nc2cccc3ccccc23)cc1. The van der Waals surface area contributed by atoms with Crippen LogP contribution in [0.15, 0.2) is 66.7 Å². The van der Waals surface area contributed by atoms with Crippen LogP contribution in [0.5, 0.6) is 0 Å². The number of hydrogen-bond donors (Lipinski definition) is 1. The molecule has 0 aliphatic carbocycles. The predicted octanol–water partition coefficient (Wildman–Crippen LogP) is 6.42. The minimum Gasteiger partial charge on any atom is -0.308 e. The molecular formula is C24H26N2OS. The molecule has 1 heterocycles. The molecule has 1 N–H and O–H groups in total. The van der Waals surface area contributed by atoms with Crippen LogP contribution in [0.4, 0.5) is 10.5 Å². The van der Waals surface area contributed by atoms with E-state index in [1.165, 1.54) is 11.1 Å². The summed E-state index contributed by atoms with van der Waals surface area (Å²) in [5.41, 5.74) is 3.49. The molecule has 1 aliphatic heterocycles. The average molecular weight is 391 g/mol. The average Bonchev–Trinajstić information content (AvgIpc) is 3.18. The van der Waals surface area contributed by atoms with E-state index in [-0.39, 0.29) is 16.8 Å². The van der Waals surface area contributed by atoms with Gasteiger partial charge < -0.3 is 10.2 Å². The Labute approximate surface area is 171 Å². The van der Waals surface area contributed by atoms with E-state index in [0.29, 0.717) is 0 Å². The van der Waals surface area contributed by atoms with Crippen molar-refractivity contribution in [1.29, 1.82) is 0 Å². The van der Waals surface area contributed by atoms with Crippen molar-refractivity contribution in [3.8, 4) is 0 Å². The van der Waals surface area contributed by atoms with Crippen LogP contribution >= 0.6 is 11.8 Å². The van der Waals surface area contributed by atoms with Gasteiger partial charge in [-0.2, -0.15) is 0 Å². The second kappa shape index (κ2) is 7.51. The van der Waals surface area contributed by atoms with Gasteiger partial charge >= 0.3 is 6.03 Å². The number of urea groups is 1. The maximum absolute atomic E-state index is 13.1. The van der Waals surface area contributed by atoms with Crippen LogP contribution in [0.2, 0.25) is 0 Å². The fourth-order valence-electron chi connectivity index (χ4n) is 3.62. The van der Waals surface area contributed by atoms with E-state index < -0.39 is 0 Å². The number of hydrogen-bond acceptors (Lipinski definition) is 2. The summed E-state index contributed by atoms with van der Waals surface area (Å²) in [4.78, 5) is 15.0. The lowest BCUT2D eigenvalue weighted by atomic mass is 9.87. The lowest BCUT2D eigenvalue weighted by Gasteiger charge is -2.26. The van der Waals surface area contributed by atoms with Crippen molar-refractivity contribution in [2.45, 2.75) is 31.6 Å². The van der Waals surface area contributed by atoms with Gasteiger partial charge in [-0.3, -0.25) is 0 Å². The fourth-order valence-corrected chi connectivity index (χ4v) is 4.88. The summed E-state index contributed by atoms with van der Waals surface area (Å²) in [6.45, 7) is 7.41. The second-order valence-electron chi connectivity index (χ2n) is 8.25. The highest BCUT2D eigenvalue weighted by molar-refractivity contribution is 7.99. The third-order valence-corrected chi connectivity index (χ3v) is 6.51. The largest absolute Gasteiger partial charge is 0.323 e. The standard InChI is InChI=1S/C24H26N2OS/c1-24(2,3)19-13-11-18(12-14-19)22-26(15-16-28-22)23(27)25-21-10-6-8-17-7-4-5-9-20(17)21/h4-14,22H,15-16H2,1-3H3,(H,25,27). The number of nitrogens with one attached hydrogen (secondary N) is 1. The molecule has 4 heteroatoms. The van der Waals surface area contributed by atoms with E-state index in [4.69, 9.17) is 0 Å². The minimum atomic E-state index is -0.0359. The van der Waals surface area contributed by atoms with Crippen molar-refractivity contribution in [2.24, 2.45) is 0 Å². The zero-order valence-corrected chi connectivity index (χ0v) is 17.4. The highest BCUT2D eigenvalue weighted by Gasteiger charge is 2.31. The van der Waals surface area contributed by atoms with Gasteiger partial charge in [-0.05, 0) is 28.0 Å². The van der Waals surface area contributed by atoms with E-state index >= 15 is 0 Å². The highest BCUT2D eigenvalue weighted by atomic mass is 32.2. The van der Waals surface area contributed by atoms with Gasteiger partial charge in [0.15, 0.2) is 0 Å². The number of carbonyl (C=O) groups is 1. The maximum Gasteiger partial charge on any atom is 0.323 e. The summed E-state index contributed by atoms with van der Waals surface area (Å²) >= 11 is 1.82. The molecule has 144 valence electrons. The van der Waals surface area contributed by atoms with Crippen molar-refractivity contribution in [3.05, 3.63) is 77.9 Å². The van der Waals surface area contributed by atoms with Gasteiger partial charge in [0.2, 0.25) is 0 Å². The van der Waals surface area contributed by atoms with Gasteiger partial charge in [0.1, 0.15) is 5.37 Å². The molecule has 1 fully saturated rings. The van der Waals surface area contributed by atoms with Crippen molar-refractivity contribution in [1.82, 2.24) is 4.90 Å². The molecular weight excluding hydrogens is 364 g/mol. The number of carbonyl (C=O) groups excluding carboxylic acids is 1. The van der Waals surface area contributed by atoms with Gasteiger partial charge in [0, 0.05) is 17.7 Å². The number of amides is 2. The lowest BCUT2D eigenvalue weighted by Crippen LogP contribution is -2.34. The molecule has 0 aromatic heterocycles. The Kier molecular flexibility index (Phi) is 5.07. The highest BCUT2D eigenvalue weighted by Crippen LogP contribution is 2.39. The van der Waals surface area contributed by atoms with Crippen LogP contribution in [0, 0.1) is 0 Å². The first-order valence-electron chi connectivity index (χ1n) is 9.71. The maximum atomic E-state index is 13.1. The number of rotatable bonds is 2. The Morgan fingerprint density at radius 3 is 2.46 bits per heavy atom. The van der Waals surface area contributed by atoms with Crippen molar-refractivity contribution in [3.63, 3.8) is 0 Å². The molecule has 1 unspecified atom stereocenters. The monoisotopic (exact) mass is 390 g/mol. The predicted molar refractivity (Wildman–Crippen MR) is 120 cm³/mol. The van der Waals surface area contributed by atoms with E-state index in [0.717, 1.165) is 28.8 Å². The topological polar surface area (TPSA) is 32.3 Å². The Balaban J connectivity index is 1.55. The minimum absolute atomic E-state index is 0.0359. The Bertz CT molecular complexity index is 986. The number of nitrogens with zero attached hydrogens (tertiary/aromatic N) is 1. The molecule has 1 atom stereocenters. The normalized spacial score (nSPS) is 17.1. The third-order valence-electron chi connectivity index (χ3n) is 5.24. The Morgan fingerprint density at radius 2 is 1.71 bits per heavy atom. The lowest BCUT2D eigenvalue weighted by molar-refractivity contribution is 0.214. The number of thioether (sulfide) groups is 1. The van der Waals surface area contributed by atoms with Gasteiger partial charge in [0.25, 0.3) is 0 Å². The van der Waals surface area contributed by atoms with Crippen LogP contribution in [0.1, 0.15) is 37.3 Å². The van der Waals surface area contributed by atoms with Gasteiger partial charge in [0.05, 0.1) is 5.69 Å². The molecule has 1 saturated heterocycles.